The van der Waals surface area contributed by atoms with Crippen LogP contribution in [0.4, 0.5) is 0 Å². The lowest BCUT2D eigenvalue weighted by Crippen LogP contribution is -2.26. The van der Waals surface area contributed by atoms with Gasteiger partial charge in [0.15, 0.2) is 11.5 Å². The average Bonchev–Trinajstić information content (AvgIpc) is 3.02. The summed E-state index contributed by atoms with van der Waals surface area (Å²) >= 11 is 0. The van der Waals surface area contributed by atoms with Crippen molar-refractivity contribution >= 4 is 0 Å². The van der Waals surface area contributed by atoms with Crippen LogP contribution in [0, 0.1) is 16.7 Å². The number of nitriles is 1. The Bertz CT molecular complexity index is 581. The van der Waals surface area contributed by atoms with Crippen LogP contribution < -0.4 is 19.5 Å². The predicted octanol–water partition coefficient (Wildman–Crippen LogP) is 2.38. The quantitative estimate of drug-likeness (QED) is 0.897. The highest BCUT2D eigenvalue weighted by Gasteiger charge is 2.44. The molecule has 2 heterocycles. The molecule has 0 saturated carbocycles. The number of methoxy groups -OCH3 is 1. The first-order chi connectivity index (χ1) is 9.57. The van der Waals surface area contributed by atoms with Gasteiger partial charge in [0.1, 0.15) is 0 Å². The molecule has 1 N–H and O–H groups in total. The van der Waals surface area contributed by atoms with E-state index in [0.717, 1.165) is 12.0 Å². The number of hydrogen-bond acceptors (Lipinski definition) is 5. The first-order valence-electron chi connectivity index (χ1n) is 6.72. The van der Waals surface area contributed by atoms with Crippen molar-refractivity contribution in [3.05, 3.63) is 17.7 Å². The lowest BCUT2D eigenvalue weighted by molar-refractivity contribution is 0.171. The molecule has 0 aliphatic carbocycles. The van der Waals surface area contributed by atoms with E-state index in [0.29, 0.717) is 23.3 Å². The lowest BCUT2D eigenvalue weighted by Gasteiger charge is -2.24. The third-order valence-corrected chi connectivity index (χ3v) is 4.09. The van der Waals surface area contributed by atoms with Gasteiger partial charge in [0.05, 0.1) is 24.6 Å². The summed E-state index contributed by atoms with van der Waals surface area (Å²) in [6, 6.07) is 6.59. The van der Waals surface area contributed by atoms with Crippen molar-refractivity contribution in [3.8, 4) is 23.3 Å². The first kappa shape index (κ1) is 13.1. The summed E-state index contributed by atoms with van der Waals surface area (Å²) in [5.74, 6) is 1.97. The van der Waals surface area contributed by atoms with E-state index in [2.05, 4.69) is 18.3 Å². The van der Waals surface area contributed by atoms with Gasteiger partial charge in [-0.1, -0.05) is 0 Å². The molecule has 3 atom stereocenters. The molecular formula is C15H18N2O3. The van der Waals surface area contributed by atoms with Gasteiger partial charge in [0.25, 0.3) is 0 Å². The SMILES string of the molecule is COc1cc(C2NC(C)C[C@]2(C)C#N)cc2c1OCO2. The van der Waals surface area contributed by atoms with Crippen LogP contribution in [0.1, 0.15) is 31.9 Å². The van der Waals surface area contributed by atoms with Gasteiger partial charge >= 0.3 is 0 Å². The fourth-order valence-corrected chi connectivity index (χ4v) is 3.17. The van der Waals surface area contributed by atoms with E-state index in [1.165, 1.54) is 0 Å². The largest absolute Gasteiger partial charge is 0.493 e. The highest BCUT2D eigenvalue weighted by Crippen LogP contribution is 2.48. The molecule has 0 spiro atoms. The summed E-state index contributed by atoms with van der Waals surface area (Å²) in [6.45, 7) is 4.30. The zero-order chi connectivity index (χ0) is 14.3. The zero-order valence-electron chi connectivity index (χ0n) is 11.9. The molecule has 1 saturated heterocycles. The molecule has 5 heteroatoms. The van der Waals surface area contributed by atoms with Crippen LogP contribution in [0.25, 0.3) is 0 Å². The molecule has 1 fully saturated rings. The van der Waals surface area contributed by atoms with E-state index >= 15 is 0 Å². The molecule has 5 nitrogen and oxygen atoms in total. The molecule has 1 aromatic carbocycles. The topological polar surface area (TPSA) is 63.5 Å². The van der Waals surface area contributed by atoms with Gasteiger partial charge in [-0.3, -0.25) is 0 Å². The van der Waals surface area contributed by atoms with Crippen LogP contribution in [0.3, 0.4) is 0 Å². The zero-order valence-corrected chi connectivity index (χ0v) is 11.9. The summed E-state index contributed by atoms with van der Waals surface area (Å²) in [5.41, 5.74) is 0.567. The van der Waals surface area contributed by atoms with Crippen molar-refractivity contribution in [2.24, 2.45) is 5.41 Å². The first-order valence-corrected chi connectivity index (χ1v) is 6.72. The normalized spacial score (nSPS) is 31.1. The van der Waals surface area contributed by atoms with E-state index in [9.17, 15) is 5.26 Å². The van der Waals surface area contributed by atoms with Gasteiger partial charge in [-0.05, 0) is 38.0 Å². The summed E-state index contributed by atoms with van der Waals surface area (Å²) in [5, 5.41) is 13.0. The maximum absolute atomic E-state index is 9.52. The summed E-state index contributed by atoms with van der Waals surface area (Å²) in [6.07, 6.45) is 0.824. The maximum Gasteiger partial charge on any atom is 0.231 e. The molecule has 0 radical (unpaired) electrons. The number of rotatable bonds is 2. The molecule has 106 valence electrons. The minimum Gasteiger partial charge on any atom is -0.493 e. The Morgan fingerprint density at radius 1 is 1.45 bits per heavy atom. The van der Waals surface area contributed by atoms with E-state index in [-0.39, 0.29) is 12.8 Å². The van der Waals surface area contributed by atoms with Crippen molar-refractivity contribution in [1.29, 1.82) is 5.26 Å². The van der Waals surface area contributed by atoms with Crippen LogP contribution >= 0.6 is 0 Å². The van der Waals surface area contributed by atoms with Gasteiger partial charge < -0.3 is 19.5 Å². The number of benzene rings is 1. The van der Waals surface area contributed by atoms with E-state index in [1.807, 2.05) is 19.1 Å². The monoisotopic (exact) mass is 274 g/mol. The van der Waals surface area contributed by atoms with Gasteiger partial charge in [0, 0.05) is 6.04 Å². The summed E-state index contributed by atoms with van der Waals surface area (Å²) in [7, 11) is 1.61. The minimum absolute atomic E-state index is 0.0362. The van der Waals surface area contributed by atoms with Crippen LogP contribution in [0.15, 0.2) is 12.1 Å². The second-order valence-corrected chi connectivity index (χ2v) is 5.69. The molecular weight excluding hydrogens is 256 g/mol. The van der Waals surface area contributed by atoms with E-state index < -0.39 is 5.41 Å². The molecule has 3 rings (SSSR count). The minimum atomic E-state index is -0.432. The van der Waals surface area contributed by atoms with Gasteiger partial charge in [-0.25, -0.2) is 0 Å². The third kappa shape index (κ3) is 1.88. The van der Waals surface area contributed by atoms with Crippen molar-refractivity contribution in [2.75, 3.05) is 13.9 Å². The van der Waals surface area contributed by atoms with E-state index in [1.54, 1.807) is 7.11 Å². The molecule has 2 unspecified atom stereocenters. The van der Waals surface area contributed by atoms with Gasteiger partial charge in [-0.2, -0.15) is 5.26 Å². The van der Waals surface area contributed by atoms with Crippen molar-refractivity contribution in [2.45, 2.75) is 32.4 Å². The fraction of sp³-hybridized carbons (Fsp3) is 0.533. The Hall–Kier alpha value is -1.93. The van der Waals surface area contributed by atoms with Crippen LogP contribution in [-0.4, -0.2) is 19.9 Å². The average molecular weight is 274 g/mol. The fourth-order valence-electron chi connectivity index (χ4n) is 3.17. The van der Waals surface area contributed by atoms with Crippen molar-refractivity contribution in [1.82, 2.24) is 5.32 Å². The highest BCUT2D eigenvalue weighted by molar-refractivity contribution is 5.56. The van der Waals surface area contributed by atoms with Crippen molar-refractivity contribution in [3.63, 3.8) is 0 Å². The molecule has 1 aromatic rings. The standard InChI is InChI=1S/C15H18N2O3/c1-9-6-15(2,7-16)14(17-9)10-4-11(18-3)13-12(5-10)19-8-20-13/h4-5,9,14,17H,6,8H2,1-3H3/t9?,14?,15-/m1/s1. The Labute approximate surface area is 118 Å². The molecule has 0 amide bonds. The van der Waals surface area contributed by atoms with Crippen LogP contribution in [-0.2, 0) is 0 Å². The Morgan fingerprint density at radius 2 is 2.25 bits per heavy atom. The summed E-state index contributed by atoms with van der Waals surface area (Å²) < 4.78 is 16.2. The van der Waals surface area contributed by atoms with E-state index in [4.69, 9.17) is 14.2 Å². The number of nitrogens with zero attached hydrogens (tertiary/aromatic N) is 1. The van der Waals surface area contributed by atoms with Crippen molar-refractivity contribution < 1.29 is 14.2 Å². The smallest absolute Gasteiger partial charge is 0.231 e. The highest BCUT2D eigenvalue weighted by atomic mass is 16.7. The second kappa shape index (κ2) is 4.57. The maximum atomic E-state index is 9.52. The van der Waals surface area contributed by atoms with Gasteiger partial charge in [-0.15, -0.1) is 0 Å². The lowest BCUT2D eigenvalue weighted by atomic mass is 9.80. The third-order valence-electron chi connectivity index (χ3n) is 4.09. The van der Waals surface area contributed by atoms with Crippen LogP contribution in [0.5, 0.6) is 17.2 Å². The number of ether oxygens (including phenoxy) is 3. The summed E-state index contributed by atoms with van der Waals surface area (Å²) in [4.78, 5) is 0. The molecule has 2 aliphatic heterocycles. The molecule has 0 aromatic heterocycles. The Balaban J connectivity index is 2.05. The molecule has 20 heavy (non-hydrogen) atoms. The number of nitrogens with one attached hydrogen (secondary N) is 1. The Kier molecular flexibility index (Phi) is 2.98. The predicted molar refractivity (Wildman–Crippen MR) is 72.8 cm³/mol. The second-order valence-electron chi connectivity index (χ2n) is 5.69. The van der Waals surface area contributed by atoms with Gasteiger partial charge in [0.2, 0.25) is 12.5 Å². The number of hydrogen-bond donors (Lipinski definition) is 1. The number of fused-ring (bicyclic) bond motifs is 1. The Morgan fingerprint density at radius 3 is 2.95 bits per heavy atom. The molecule has 2 aliphatic rings. The van der Waals surface area contributed by atoms with Crippen LogP contribution in [0.2, 0.25) is 0 Å². The molecule has 0 bridgehead atoms.